The van der Waals surface area contributed by atoms with Gasteiger partial charge >= 0.3 is 0 Å². The molecule has 0 fully saturated rings. The Balaban J connectivity index is 2.57. The van der Waals surface area contributed by atoms with Gasteiger partial charge in [0.2, 0.25) is 5.88 Å². The normalized spacial score (nSPS) is 11.2. The highest BCUT2D eigenvalue weighted by molar-refractivity contribution is 5.37. The van der Waals surface area contributed by atoms with Crippen molar-refractivity contribution in [1.82, 2.24) is 4.98 Å². The smallest absolute Gasteiger partial charge is 0.215 e. The predicted octanol–water partition coefficient (Wildman–Crippen LogP) is 1.91. The second-order valence-corrected chi connectivity index (χ2v) is 4.47. The molecule has 4 nitrogen and oxygen atoms in total. The SMILES string of the molecule is CCOc1cccc(NCC(C)(C)CO)n1. The number of nitrogens with zero attached hydrogens (tertiary/aromatic N) is 1. The Morgan fingerprint density at radius 1 is 1.44 bits per heavy atom. The van der Waals surface area contributed by atoms with Crippen LogP contribution in [0.5, 0.6) is 5.88 Å². The summed E-state index contributed by atoms with van der Waals surface area (Å²) < 4.78 is 5.30. The summed E-state index contributed by atoms with van der Waals surface area (Å²) >= 11 is 0. The molecule has 0 saturated carbocycles. The highest BCUT2D eigenvalue weighted by atomic mass is 16.5. The molecule has 4 heteroatoms. The molecule has 16 heavy (non-hydrogen) atoms. The van der Waals surface area contributed by atoms with Gasteiger partial charge in [-0.05, 0) is 13.0 Å². The first-order valence-corrected chi connectivity index (χ1v) is 5.52. The lowest BCUT2D eigenvalue weighted by molar-refractivity contribution is 0.170. The van der Waals surface area contributed by atoms with Gasteiger partial charge in [0.15, 0.2) is 0 Å². The Bertz CT molecular complexity index is 327. The van der Waals surface area contributed by atoms with Gasteiger partial charge in [0.05, 0.1) is 6.61 Å². The molecule has 0 unspecified atom stereocenters. The molecule has 2 N–H and O–H groups in total. The Morgan fingerprint density at radius 3 is 2.81 bits per heavy atom. The maximum absolute atomic E-state index is 9.13. The maximum atomic E-state index is 9.13. The van der Waals surface area contributed by atoms with Crippen LogP contribution < -0.4 is 10.1 Å². The molecule has 1 heterocycles. The van der Waals surface area contributed by atoms with Crippen LogP contribution in [0.15, 0.2) is 18.2 Å². The molecule has 0 aliphatic carbocycles. The average Bonchev–Trinajstić information content (AvgIpc) is 2.28. The minimum absolute atomic E-state index is 0.144. The van der Waals surface area contributed by atoms with Crippen molar-refractivity contribution >= 4 is 5.82 Å². The fraction of sp³-hybridized carbons (Fsp3) is 0.583. The summed E-state index contributed by atoms with van der Waals surface area (Å²) in [6.07, 6.45) is 0. The number of aromatic nitrogens is 1. The highest BCUT2D eigenvalue weighted by Crippen LogP contribution is 2.16. The Kier molecular flexibility index (Phi) is 4.55. The molecule has 0 aliphatic rings. The fourth-order valence-corrected chi connectivity index (χ4v) is 1.13. The van der Waals surface area contributed by atoms with Crippen molar-refractivity contribution in [1.29, 1.82) is 0 Å². The van der Waals surface area contributed by atoms with E-state index in [1.807, 2.05) is 39.0 Å². The van der Waals surface area contributed by atoms with Crippen molar-refractivity contribution in [3.05, 3.63) is 18.2 Å². The van der Waals surface area contributed by atoms with Gasteiger partial charge in [-0.3, -0.25) is 0 Å². The number of pyridine rings is 1. The average molecular weight is 224 g/mol. The predicted molar refractivity (Wildman–Crippen MR) is 64.8 cm³/mol. The Hall–Kier alpha value is -1.29. The number of hydrogen-bond donors (Lipinski definition) is 2. The van der Waals surface area contributed by atoms with Crippen molar-refractivity contribution < 1.29 is 9.84 Å². The molecule has 1 aromatic rings. The van der Waals surface area contributed by atoms with Crippen molar-refractivity contribution in [2.45, 2.75) is 20.8 Å². The standard InChI is InChI=1S/C12H20N2O2/c1-4-16-11-7-5-6-10(14-11)13-8-12(2,3)9-15/h5-7,15H,4,8-9H2,1-3H3,(H,13,14). The first-order chi connectivity index (χ1) is 7.57. The summed E-state index contributed by atoms with van der Waals surface area (Å²) in [7, 11) is 0. The Labute approximate surface area is 96.7 Å². The van der Waals surface area contributed by atoms with E-state index in [0.29, 0.717) is 19.0 Å². The second-order valence-electron chi connectivity index (χ2n) is 4.47. The molecule has 90 valence electrons. The van der Waals surface area contributed by atoms with Gasteiger partial charge in [0.1, 0.15) is 5.82 Å². The van der Waals surface area contributed by atoms with Crippen LogP contribution in [-0.4, -0.2) is 29.8 Å². The third-order valence-corrected chi connectivity index (χ3v) is 2.19. The van der Waals surface area contributed by atoms with E-state index in [0.717, 1.165) is 5.82 Å². The van der Waals surface area contributed by atoms with E-state index in [1.165, 1.54) is 0 Å². The zero-order valence-electron chi connectivity index (χ0n) is 10.2. The minimum atomic E-state index is -0.150. The number of hydrogen-bond acceptors (Lipinski definition) is 4. The Morgan fingerprint density at radius 2 is 2.19 bits per heavy atom. The van der Waals surface area contributed by atoms with E-state index in [-0.39, 0.29) is 12.0 Å². The molecule has 0 radical (unpaired) electrons. The highest BCUT2D eigenvalue weighted by Gasteiger charge is 2.16. The van der Waals surface area contributed by atoms with E-state index < -0.39 is 0 Å². The third kappa shape index (κ3) is 4.06. The van der Waals surface area contributed by atoms with Crippen LogP contribution in [-0.2, 0) is 0 Å². The van der Waals surface area contributed by atoms with Crippen LogP contribution in [0.2, 0.25) is 0 Å². The van der Waals surface area contributed by atoms with Crippen molar-refractivity contribution in [3.63, 3.8) is 0 Å². The second kappa shape index (κ2) is 5.70. The summed E-state index contributed by atoms with van der Waals surface area (Å²) in [6.45, 7) is 7.34. The number of ether oxygens (including phenoxy) is 1. The molecule has 0 aliphatic heterocycles. The summed E-state index contributed by atoms with van der Waals surface area (Å²) in [6, 6.07) is 5.61. The van der Waals surface area contributed by atoms with E-state index in [9.17, 15) is 0 Å². The molecule has 1 rings (SSSR count). The van der Waals surface area contributed by atoms with E-state index in [4.69, 9.17) is 9.84 Å². The number of aliphatic hydroxyl groups is 1. The summed E-state index contributed by atoms with van der Waals surface area (Å²) in [5.74, 6) is 1.39. The lowest BCUT2D eigenvalue weighted by atomic mass is 9.95. The van der Waals surface area contributed by atoms with E-state index in [1.54, 1.807) is 0 Å². The van der Waals surface area contributed by atoms with E-state index in [2.05, 4.69) is 10.3 Å². The van der Waals surface area contributed by atoms with Crippen LogP contribution >= 0.6 is 0 Å². The van der Waals surface area contributed by atoms with Gasteiger partial charge in [-0.1, -0.05) is 19.9 Å². The molecule has 0 saturated heterocycles. The van der Waals surface area contributed by atoms with Crippen LogP contribution in [0.3, 0.4) is 0 Å². The lowest BCUT2D eigenvalue weighted by Gasteiger charge is -2.22. The van der Waals surface area contributed by atoms with Gasteiger partial charge in [0, 0.05) is 24.6 Å². The molecular formula is C12H20N2O2. The molecular weight excluding hydrogens is 204 g/mol. The van der Waals surface area contributed by atoms with Gasteiger partial charge in [-0.2, -0.15) is 4.98 Å². The zero-order valence-corrected chi connectivity index (χ0v) is 10.2. The monoisotopic (exact) mass is 224 g/mol. The van der Waals surface area contributed by atoms with Crippen molar-refractivity contribution in [2.75, 3.05) is 25.1 Å². The number of anilines is 1. The molecule has 0 aromatic carbocycles. The first kappa shape index (κ1) is 12.8. The van der Waals surface area contributed by atoms with Crippen LogP contribution in [0.4, 0.5) is 5.82 Å². The summed E-state index contributed by atoms with van der Waals surface area (Å²) in [5.41, 5.74) is -0.150. The first-order valence-electron chi connectivity index (χ1n) is 5.52. The van der Waals surface area contributed by atoms with Gasteiger partial charge in [-0.25, -0.2) is 0 Å². The molecule has 0 spiro atoms. The van der Waals surface area contributed by atoms with Gasteiger partial charge in [-0.15, -0.1) is 0 Å². The van der Waals surface area contributed by atoms with Gasteiger partial charge in [0.25, 0.3) is 0 Å². The molecule has 0 bridgehead atoms. The lowest BCUT2D eigenvalue weighted by Crippen LogP contribution is -2.27. The maximum Gasteiger partial charge on any atom is 0.215 e. The van der Waals surface area contributed by atoms with Crippen LogP contribution in [0.1, 0.15) is 20.8 Å². The number of rotatable bonds is 6. The molecule has 0 atom stereocenters. The number of aliphatic hydroxyl groups excluding tert-OH is 1. The van der Waals surface area contributed by atoms with Crippen LogP contribution in [0.25, 0.3) is 0 Å². The van der Waals surface area contributed by atoms with Gasteiger partial charge < -0.3 is 15.2 Å². The van der Waals surface area contributed by atoms with E-state index >= 15 is 0 Å². The van der Waals surface area contributed by atoms with Crippen LogP contribution in [0, 0.1) is 5.41 Å². The quantitative estimate of drug-likeness (QED) is 0.775. The zero-order chi connectivity index (χ0) is 12.0. The minimum Gasteiger partial charge on any atom is -0.478 e. The van der Waals surface area contributed by atoms with Crippen molar-refractivity contribution in [3.8, 4) is 5.88 Å². The summed E-state index contributed by atoms with van der Waals surface area (Å²) in [4.78, 5) is 4.28. The molecule has 0 amide bonds. The fourth-order valence-electron chi connectivity index (χ4n) is 1.13. The largest absolute Gasteiger partial charge is 0.478 e. The third-order valence-electron chi connectivity index (χ3n) is 2.19. The van der Waals surface area contributed by atoms with Crippen molar-refractivity contribution in [2.24, 2.45) is 5.41 Å². The molecule has 1 aromatic heterocycles. The topological polar surface area (TPSA) is 54.4 Å². The number of nitrogens with one attached hydrogen (secondary N) is 1. The summed E-state index contributed by atoms with van der Waals surface area (Å²) in [5, 5.41) is 12.3.